The highest BCUT2D eigenvalue weighted by Gasteiger charge is 2.31. The molecule has 0 spiro atoms. The molecule has 0 amide bonds. The highest BCUT2D eigenvalue weighted by Crippen LogP contribution is 2.34. The smallest absolute Gasteiger partial charge is 0.232 e. The summed E-state index contributed by atoms with van der Waals surface area (Å²) in [5.41, 5.74) is 1.87. The second-order valence-electron chi connectivity index (χ2n) is 4.93. The number of pyridine rings is 1. The fourth-order valence-corrected chi connectivity index (χ4v) is 2.64. The zero-order valence-electron chi connectivity index (χ0n) is 10.9. The molecule has 2 aromatic rings. The van der Waals surface area contributed by atoms with Crippen LogP contribution in [0.2, 0.25) is 0 Å². The van der Waals surface area contributed by atoms with Crippen LogP contribution in [0.3, 0.4) is 0 Å². The summed E-state index contributed by atoms with van der Waals surface area (Å²) < 4.78 is 5.31. The van der Waals surface area contributed by atoms with Crippen LogP contribution in [0.4, 0.5) is 0 Å². The lowest BCUT2D eigenvalue weighted by atomic mass is 10.1. The Kier molecular flexibility index (Phi) is 3.29. The average Bonchev–Trinajstić information content (AvgIpc) is 3.07. The molecular formula is C14H17N3O2. The lowest BCUT2D eigenvalue weighted by molar-refractivity contribution is 0.148. The van der Waals surface area contributed by atoms with E-state index in [1.165, 1.54) is 0 Å². The van der Waals surface area contributed by atoms with Crippen molar-refractivity contribution in [2.24, 2.45) is 0 Å². The van der Waals surface area contributed by atoms with Crippen molar-refractivity contribution in [3.05, 3.63) is 29.8 Å². The third-order valence-electron chi connectivity index (χ3n) is 3.72. The first-order valence-corrected chi connectivity index (χ1v) is 6.75. The van der Waals surface area contributed by atoms with Gasteiger partial charge in [-0.3, -0.25) is 4.98 Å². The van der Waals surface area contributed by atoms with Gasteiger partial charge in [0.05, 0.1) is 12.0 Å². The van der Waals surface area contributed by atoms with Crippen molar-refractivity contribution in [1.29, 1.82) is 0 Å². The molecule has 2 heterocycles. The minimum Gasteiger partial charge on any atom is -0.392 e. The molecule has 5 nitrogen and oxygen atoms in total. The molecule has 1 aliphatic rings. The van der Waals surface area contributed by atoms with Gasteiger partial charge in [0.1, 0.15) is 5.69 Å². The van der Waals surface area contributed by atoms with E-state index in [1.807, 2.05) is 12.1 Å². The molecule has 5 heteroatoms. The van der Waals surface area contributed by atoms with E-state index in [-0.39, 0.29) is 12.0 Å². The molecule has 1 N–H and O–H groups in total. The number of hydrogen-bond donors (Lipinski definition) is 1. The molecule has 3 rings (SSSR count). The van der Waals surface area contributed by atoms with Crippen LogP contribution in [-0.2, 0) is 6.42 Å². The van der Waals surface area contributed by atoms with Crippen molar-refractivity contribution in [1.82, 2.24) is 15.1 Å². The van der Waals surface area contributed by atoms with Gasteiger partial charge < -0.3 is 9.63 Å². The lowest BCUT2D eigenvalue weighted by Gasteiger charge is -2.07. The van der Waals surface area contributed by atoms with Crippen molar-refractivity contribution in [3.8, 4) is 11.5 Å². The molecule has 2 aromatic heterocycles. The monoisotopic (exact) mass is 259 g/mol. The van der Waals surface area contributed by atoms with E-state index >= 15 is 0 Å². The van der Waals surface area contributed by atoms with Gasteiger partial charge in [-0.25, -0.2) is 0 Å². The predicted molar refractivity (Wildman–Crippen MR) is 69.5 cm³/mol. The van der Waals surface area contributed by atoms with Crippen LogP contribution in [0, 0.1) is 0 Å². The van der Waals surface area contributed by atoms with E-state index in [9.17, 15) is 5.11 Å². The quantitative estimate of drug-likeness (QED) is 0.915. The molecule has 1 aliphatic carbocycles. The molecule has 1 saturated carbocycles. The summed E-state index contributed by atoms with van der Waals surface area (Å²) in [6.07, 6.45) is 4.97. The summed E-state index contributed by atoms with van der Waals surface area (Å²) in [4.78, 5) is 8.75. The van der Waals surface area contributed by atoms with Gasteiger partial charge in [-0.15, -0.1) is 0 Å². The van der Waals surface area contributed by atoms with E-state index in [2.05, 4.69) is 22.0 Å². The Balaban J connectivity index is 1.92. The number of rotatable bonds is 3. The molecule has 19 heavy (non-hydrogen) atoms. The number of nitrogens with zero attached hydrogens (tertiary/aromatic N) is 3. The van der Waals surface area contributed by atoms with Crippen molar-refractivity contribution in [2.45, 2.75) is 44.6 Å². The molecule has 2 atom stereocenters. The van der Waals surface area contributed by atoms with Crippen molar-refractivity contribution in [3.63, 3.8) is 0 Å². The van der Waals surface area contributed by atoms with Gasteiger partial charge >= 0.3 is 0 Å². The average molecular weight is 259 g/mol. The first-order valence-electron chi connectivity index (χ1n) is 6.75. The van der Waals surface area contributed by atoms with Gasteiger partial charge in [0.25, 0.3) is 0 Å². The van der Waals surface area contributed by atoms with Crippen LogP contribution < -0.4 is 0 Å². The number of hydrogen-bond acceptors (Lipinski definition) is 5. The Bertz CT molecular complexity index is 567. The first-order chi connectivity index (χ1) is 9.29. The van der Waals surface area contributed by atoms with Crippen LogP contribution in [0.5, 0.6) is 0 Å². The van der Waals surface area contributed by atoms with Gasteiger partial charge in [0, 0.05) is 6.20 Å². The Labute approximate surface area is 111 Å². The molecule has 2 unspecified atom stereocenters. The second kappa shape index (κ2) is 5.09. The van der Waals surface area contributed by atoms with Gasteiger partial charge in [-0.05, 0) is 37.3 Å². The normalized spacial score (nSPS) is 22.8. The van der Waals surface area contributed by atoms with Crippen LogP contribution in [0.25, 0.3) is 11.5 Å². The number of aliphatic hydroxyl groups is 1. The molecule has 0 aliphatic heterocycles. The molecule has 100 valence electrons. The van der Waals surface area contributed by atoms with Gasteiger partial charge in [-0.1, -0.05) is 18.1 Å². The summed E-state index contributed by atoms with van der Waals surface area (Å²) in [6.45, 7) is 2.07. The summed E-state index contributed by atoms with van der Waals surface area (Å²) >= 11 is 0. The maximum atomic E-state index is 9.88. The SMILES string of the molecule is CCc1cccnc1-c1noc(C2CCCC2O)n1. The number of aryl methyl sites for hydroxylation is 1. The molecule has 0 aromatic carbocycles. The predicted octanol–water partition coefficient (Wildman–Crippen LogP) is 2.32. The van der Waals surface area contributed by atoms with Crippen LogP contribution in [0.15, 0.2) is 22.9 Å². The van der Waals surface area contributed by atoms with Gasteiger partial charge in [-0.2, -0.15) is 4.98 Å². The molecular weight excluding hydrogens is 242 g/mol. The Hall–Kier alpha value is -1.75. The van der Waals surface area contributed by atoms with Crippen LogP contribution in [0.1, 0.15) is 43.6 Å². The second-order valence-corrected chi connectivity index (χ2v) is 4.93. The van der Waals surface area contributed by atoms with Crippen molar-refractivity contribution < 1.29 is 9.63 Å². The first kappa shape index (κ1) is 12.3. The van der Waals surface area contributed by atoms with E-state index in [4.69, 9.17) is 4.52 Å². The summed E-state index contributed by atoms with van der Waals surface area (Å²) in [5.74, 6) is 1.04. The zero-order valence-corrected chi connectivity index (χ0v) is 10.9. The van der Waals surface area contributed by atoms with E-state index in [1.54, 1.807) is 6.20 Å². The molecule has 0 saturated heterocycles. The lowest BCUT2D eigenvalue weighted by Crippen LogP contribution is -2.11. The maximum absolute atomic E-state index is 9.88. The molecule has 0 radical (unpaired) electrons. The summed E-state index contributed by atoms with van der Waals surface area (Å²) in [5, 5.41) is 13.9. The minimum absolute atomic E-state index is 0.0185. The van der Waals surface area contributed by atoms with Gasteiger partial charge in [0.15, 0.2) is 0 Å². The Morgan fingerprint density at radius 3 is 3.05 bits per heavy atom. The number of aromatic nitrogens is 3. The summed E-state index contributed by atoms with van der Waals surface area (Å²) in [7, 11) is 0. The Morgan fingerprint density at radius 1 is 1.42 bits per heavy atom. The van der Waals surface area contributed by atoms with Gasteiger partial charge in [0.2, 0.25) is 11.7 Å². The standard InChI is InChI=1S/C14H17N3O2/c1-2-9-5-4-8-15-12(9)13-16-14(19-17-13)10-6-3-7-11(10)18/h4-5,8,10-11,18H,2-3,6-7H2,1H3. The summed E-state index contributed by atoms with van der Waals surface area (Å²) in [6, 6.07) is 3.92. The fourth-order valence-electron chi connectivity index (χ4n) is 2.64. The van der Waals surface area contributed by atoms with Crippen LogP contribution >= 0.6 is 0 Å². The third kappa shape index (κ3) is 2.26. The minimum atomic E-state index is -0.359. The number of aliphatic hydroxyl groups excluding tert-OH is 1. The fraction of sp³-hybridized carbons (Fsp3) is 0.500. The topological polar surface area (TPSA) is 72.0 Å². The van der Waals surface area contributed by atoms with Crippen molar-refractivity contribution in [2.75, 3.05) is 0 Å². The molecule has 0 bridgehead atoms. The van der Waals surface area contributed by atoms with Crippen molar-refractivity contribution >= 4 is 0 Å². The molecule has 1 fully saturated rings. The highest BCUT2D eigenvalue weighted by atomic mass is 16.5. The Morgan fingerprint density at radius 2 is 2.32 bits per heavy atom. The van der Waals surface area contributed by atoms with E-state index < -0.39 is 0 Å². The largest absolute Gasteiger partial charge is 0.392 e. The van der Waals surface area contributed by atoms with E-state index in [0.29, 0.717) is 11.7 Å². The zero-order chi connectivity index (χ0) is 13.2. The van der Waals surface area contributed by atoms with E-state index in [0.717, 1.165) is 36.9 Å². The highest BCUT2D eigenvalue weighted by molar-refractivity contribution is 5.53. The van der Waals surface area contributed by atoms with Crippen LogP contribution in [-0.4, -0.2) is 26.3 Å². The maximum Gasteiger partial charge on any atom is 0.232 e. The third-order valence-corrected chi connectivity index (χ3v) is 3.72.